The van der Waals surface area contributed by atoms with Crippen molar-refractivity contribution in [1.82, 2.24) is 4.98 Å². The quantitative estimate of drug-likeness (QED) is 0.487. The Labute approximate surface area is 104 Å². The third kappa shape index (κ3) is 3.18. The van der Waals surface area contributed by atoms with Crippen LogP contribution in [0.25, 0.3) is 0 Å². The summed E-state index contributed by atoms with van der Waals surface area (Å²) in [6.45, 7) is 1.59. The summed E-state index contributed by atoms with van der Waals surface area (Å²) in [7, 11) is 0. The van der Waals surface area contributed by atoms with Gasteiger partial charge < -0.3 is 4.74 Å². The van der Waals surface area contributed by atoms with E-state index < -0.39 is 23.9 Å². The highest BCUT2D eigenvalue weighted by Gasteiger charge is 2.25. The van der Waals surface area contributed by atoms with Crippen LogP contribution in [0.3, 0.4) is 0 Å². The second-order valence-electron chi connectivity index (χ2n) is 3.01. The second-order valence-corrected chi connectivity index (χ2v) is 3.57. The number of nitrogens with zero attached hydrogens (tertiary/aromatic N) is 1. The lowest BCUT2D eigenvalue weighted by Crippen LogP contribution is -2.14. The number of alkyl halides is 3. The molecule has 0 spiro atoms. The van der Waals surface area contributed by atoms with E-state index in [-0.39, 0.29) is 23.2 Å². The molecule has 1 heterocycles. The largest absolute Gasteiger partial charge is 0.462 e. The van der Waals surface area contributed by atoms with Crippen LogP contribution in [0.15, 0.2) is 6.07 Å². The number of halogens is 4. The van der Waals surface area contributed by atoms with Crippen molar-refractivity contribution >= 4 is 21.9 Å². The van der Waals surface area contributed by atoms with Gasteiger partial charge in [0.2, 0.25) is 5.95 Å². The maximum absolute atomic E-state index is 13.0. The highest BCUT2D eigenvalue weighted by Crippen LogP contribution is 2.27. The summed E-state index contributed by atoms with van der Waals surface area (Å²) in [5.41, 5.74) is -1.18. The maximum atomic E-state index is 13.0. The van der Waals surface area contributed by atoms with Crippen molar-refractivity contribution in [1.29, 1.82) is 0 Å². The van der Waals surface area contributed by atoms with E-state index >= 15 is 0 Å². The summed E-state index contributed by atoms with van der Waals surface area (Å²) < 4.78 is 43.0. The molecule has 0 aliphatic heterocycles. The van der Waals surface area contributed by atoms with Crippen LogP contribution in [-0.2, 0) is 10.1 Å². The van der Waals surface area contributed by atoms with E-state index in [4.69, 9.17) is 0 Å². The van der Waals surface area contributed by atoms with Gasteiger partial charge in [-0.15, -0.1) is 0 Å². The lowest BCUT2D eigenvalue weighted by molar-refractivity contribution is 0.0513. The molecular weight excluding hydrogens is 303 g/mol. The summed E-state index contributed by atoms with van der Waals surface area (Å²) >= 11 is 2.96. The van der Waals surface area contributed by atoms with Crippen molar-refractivity contribution in [2.75, 3.05) is 6.61 Å². The molecule has 94 valence electrons. The summed E-state index contributed by atoms with van der Waals surface area (Å²) in [5, 5.41) is -0.0153. The van der Waals surface area contributed by atoms with Gasteiger partial charge in [0.1, 0.15) is 0 Å². The third-order valence-electron chi connectivity index (χ3n) is 1.93. The molecule has 17 heavy (non-hydrogen) atoms. The van der Waals surface area contributed by atoms with E-state index in [1.807, 2.05) is 0 Å². The molecule has 0 saturated carbocycles. The third-order valence-corrected chi connectivity index (χ3v) is 2.47. The van der Waals surface area contributed by atoms with Gasteiger partial charge in [-0.3, -0.25) is 0 Å². The lowest BCUT2D eigenvalue weighted by atomic mass is 10.1. The van der Waals surface area contributed by atoms with Gasteiger partial charge in [0.05, 0.1) is 17.9 Å². The zero-order valence-electron chi connectivity index (χ0n) is 8.84. The smallest absolute Gasteiger partial charge is 0.340 e. The van der Waals surface area contributed by atoms with Crippen LogP contribution in [0.5, 0.6) is 0 Å². The Balaban J connectivity index is 3.36. The van der Waals surface area contributed by atoms with E-state index in [2.05, 4.69) is 25.7 Å². The molecule has 0 atom stereocenters. The fourth-order valence-corrected chi connectivity index (χ4v) is 1.70. The molecule has 0 aromatic carbocycles. The fourth-order valence-electron chi connectivity index (χ4n) is 1.29. The fraction of sp³-hybridized carbons (Fsp3) is 0.400. The predicted molar refractivity (Wildman–Crippen MR) is 57.7 cm³/mol. The minimum atomic E-state index is -2.97. The Hall–Kier alpha value is -1.11. The van der Waals surface area contributed by atoms with E-state index in [0.717, 1.165) is 0 Å². The number of rotatable bonds is 4. The minimum absolute atomic E-state index is 0.0153. The number of hydrogen-bond acceptors (Lipinski definition) is 3. The first kappa shape index (κ1) is 14.0. The van der Waals surface area contributed by atoms with Crippen molar-refractivity contribution in [3.63, 3.8) is 0 Å². The zero-order chi connectivity index (χ0) is 13.0. The predicted octanol–water partition coefficient (Wildman–Crippen LogP) is 3.23. The highest BCUT2D eigenvalue weighted by atomic mass is 79.9. The molecule has 0 saturated heterocycles. The second kappa shape index (κ2) is 6.00. The van der Waals surface area contributed by atoms with Crippen LogP contribution in [0.4, 0.5) is 13.2 Å². The summed E-state index contributed by atoms with van der Waals surface area (Å²) in [4.78, 5) is 14.9. The number of ether oxygens (including phenoxy) is 1. The molecule has 3 nitrogen and oxygen atoms in total. The first-order chi connectivity index (χ1) is 8.01. The molecule has 0 bridgehead atoms. The van der Waals surface area contributed by atoms with Crippen LogP contribution >= 0.6 is 15.9 Å². The Bertz CT molecular complexity index is 426. The van der Waals surface area contributed by atoms with Gasteiger partial charge in [-0.05, 0) is 6.92 Å². The SMILES string of the molecule is CCOC(=O)c1c(C(F)F)cc(F)nc1CBr. The van der Waals surface area contributed by atoms with Crippen LogP contribution < -0.4 is 0 Å². The van der Waals surface area contributed by atoms with Gasteiger partial charge in [0.25, 0.3) is 6.43 Å². The van der Waals surface area contributed by atoms with Crippen LogP contribution in [0, 0.1) is 5.95 Å². The van der Waals surface area contributed by atoms with Crippen LogP contribution in [0.1, 0.15) is 35.0 Å². The first-order valence-corrected chi connectivity index (χ1v) is 5.83. The number of aromatic nitrogens is 1. The Morgan fingerprint density at radius 3 is 2.71 bits per heavy atom. The molecule has 0 aliphatic carbocycles. The molecule has 0 N–H and O–H groups in total. The average molecular weight is 312 g/mol. The topological polar surface area (TPSA) is 39.2 Å². The Morgan fingerprint density at radius 1 is 1.59 bits per heavy atom. The number of carbonyl (C=O) groups excluding carboxylic acids is 1. The van der Waals surface area contributed by atoms with E-state index in [1.54, 1.807) is 6.92 Å². The maximum Gasteiger partial charge on any atom is 0.340 e. The average Bonchev–Trinajstić information content (AvgIpc) is 2.27. The molecule has 0 fully saturated rings. The molecular formula is C10H9BrF3NO2. The molecule has 0 aliphatic rings. The van der Waals surface area contributed by atoms with Crippen molar-refractivity contribution < 1.29 is 22.7 Å². The molecule has 7 heteroatoms. The Morgan fingerprint density at radius 2 is 2.24 bits per heavy atom. The molecule has 0 amide bonds. The van der Waals surface area contributed by atoms with Crippen molar-refractivity contribution in [2.24, 2.45) is 0 Å². The minimum Gasteiger partial charge on any atom is -0.462 e. The molecule has 0 unspecified atom stereocenters. The van der Waals surface area contributed by atoms with E-state index in [0.29, 0.717) is 6.07 Å². The van der Waals surface area contributed by atoms with Gasteiger partial charge in [-0.2, -0.15) is 4.39 Å². The summed E-state index contributed by atoms with van der Waals surface area (Å²) in [6.07, 6.45) is -2.97. The summed E-state index contributed by atoms with van der Waals surface area (Å²) in [6, 6.07) is 0.545. The lowest BCUT2D eigenvalue weighted by Gasteiger charge is -2.11. The van der Waals surface area contributed by atoms with Gasteiger partial charge in [0.15, 0.2) is 0 Å². The van der Waals surface area contributed by atoms with Gasteiger partial charge in [-0.25, -0.2) is 18.6 Å². The zero-order valence-corrected chi connectivity index (χ0v) is 10.4. The van der Waals surface area contributed by atoms with Crippen LogP contribution in [0.2, 0.25) is 0 Å². The van der Waals surface area contributed by atoms with Crippen LogP contribution in [-0.4, -0.2) is 17.6 Å². The van der Waals surface area contributed by atoms with Gasteiger partial charge in [-0.1, -0.05) is 15.9 Å². The number of hydrogen-bond donors (Lipinski definition) is 0. The van der Waals surface area contributed by atoms with E-state index in [1.165, 1.54) is 0 Å². The molecule has 1 aromatic rings. The normalized spacial score (nSPS) is 10.7. The number of carbonyl (C=O) groups is 1. The molecule has 1 rings (SSSR count). The molecule has 0 radical (unpaired) electrons. The molecule has 1 aromatic heterocycles. The van der Waals surface area contributed by atoms with Crippen molar-refractivity contribution in [2.45, 2.75) is 18.7 Å². The van der Waals surface area contributed by atoms with Gasteiger partial charge >= 0.3 is 5.97 Å². The number of pyridine rings is 1. The first-order valence-electron chi connectivity index (χ1n) is 4.71. The standard InChI is InChI=1S/C10H9BrF3NO2/c1-2-17-10(16)8-5(9(13)14)3-7(12)15-6(8)4-11/h3,9H,2,4H2,1H3. The van der Waals surface area contributed by atoms with Crippen molar-refractivity contribution in [3.05, 3.63) is 28.8 Å². The van der Waals surface area contributed by atoms with Crippen molar-refractivity contribution in [3.8, 4) is 0 Å². The van der Waals surface area contributed by atoms with Gasteiger partial charge in [0, 0.05) is 17.0 Å². The highest BCUT2D eigenvalue weighted by molar-refractivity contribution is 9.08. The van der Waals surface area contributed by atoms with E-state index in [9.17, 15) is 18.0 Å². The number of esters is 1. The monoisotopic (exact) mass is 311 g/mol. The Kier molecular flexibility index (Phi) is 4.92. The summed E-state index contributed by atoms with van der Waals surface area (Å²) in [5.74, 6) is -1.98.